The Balaban J connectivity index is 1.48. The third kappa shape index (κ3) is 6.18. The lowest BCUT2D eigenvalue weighted by atomic mass is 10.1. The van der Waals surface area contributed by atoms with Crippen LogP contribution in [0, 0.1) is 19.7 Å². The van der Waals surface area contributed by atoms with Gasteiger partial charge in [-0.05, 0) is 86.0 Å². The molecule has 1 fully saturated rings. The highest BCUT2D eigenvalue weighted by Crippen LogP contribution is 2.37. The largest absolute Gasteiger partial charge is 0.490 e. The van der Waals surface area contributed by atoms with Gasteiger partial charge in [0.15, 0.2) is 22.4 Å². The molecule has 0 aliphatic carbocycles. The monoisotopic (exact) mass is 536 g/mol. The van der Waals surface area contributed by atoms with Crippen molar-refractivity contribution < 1.29 is 23.5 Å². The Morgan fingerprint density at radius 1 is 1.08 bits per heavy atom. The minimum Gasteiger partial charge on any atom is -0.490 e. The van der Waals surface area contributed by atoms with E-state index < -0.39 is 5.82 Å². The Hall–Kier alpha value is -3.69. The number of anilines is 2. The van der Waals surface area contributed by atoms with Gasteiger partial charge in [0.25, 0.3) is 11.8 Å². The van der Waals surface area contributed by atoms with E-state index in [1.165, 1.54) is 40.9 Å². The van der Waals surface area contributed by atoms with Crippen molar-refractivity contribution in [2.75, 3.05) is 23.4 Å². The lowest BCUT2D eigenvalue weighted by Crippen LogP contribution is -2.27. The highest BCUT2D eigenvalue weighted by molar-refractivity contribution is 8.27. The van der Waals surface area contributed by atoms with Gasteiger partial charge in [0.1, 0.15) is 5.82 Å². The average molecular weight is 537 g/mol. The molecule has 1 aliphatic heterocycles. The average Bonchev–Trinajstić information content (AvgIpc) is 3.14. The van der Waals surface area contributed by atoms with Crippen molar-refractivity contribution in [2.24, 2.45) is 0 Å². The van der Waals surface area contributed by atoms with E-state index in [9.17, 15) is 14.0 Å². The van der Waals surface area contributed by atoms with Crippen molar-refractivity contribution >= 4 is 57.6 Å². The number of halogens is 1. The minimum absolute atomic E-state index is 0.191. The summed E-state index contributed by atoms with van der Waals surface area (Å²) in [5.41, 5.74) is 4.04. The standard InChI is InChI=1S/C28H25FN2O4S2/c1-4-34-24-14-19(15-25-27(33)31(28(36)37-25)21-11-9-20(29)10-12-21)8-13-23(24)35-16-26(32)30-22-7-5-6-17(2)18(22)3/h5-15H,4,16H2,1-3H3,(H,30,32)/b25-15-. The van der Waals surface area contributed by atoms with E-state index >= 15 is 0 Å². The van der Waals surface area contributed by atoms with Crippen LogP contribution < -0.4 is 19.7 Å². The van der Waals surface area contributed by atoms with Gasteiger partial charge in [-0.1, -0.05) is 42.2 Å². The van der Waals surface area contributed by atoms with Crippen LogP contribution in [0.4, 0.5) is 15.8 Å². The lowest BCUT2D eigenvalue weighted by Gasteiger charge is -2.14. The van der Waals surface area contributed by atoms with E-state index in [0.717, 1.165) is 16.8 Å². The number of carbonyl (C=O) groups excluding carboxylic acids is 2. The van der Waals surface area contributed by atoms with Crippen molar-refractivity contribution in [1.29, 1.82) is 0 Å². The molecule has 0 bridgehead atoms. The molecule has 1 N–H and O–H groups in total. The van der Waals surface area contributed by atoms with Gasteiger partial charge >= 0.3 is 0 Å². The van der Waals surface area contributed by atoms with Gasteiger partial charge in [-0.25, -0.2) is 4.39 Å². The van der Waals surface area contributed by atoms with Crippen LogP contribution in [0.2, 0.25) is 0 Å². The summed E-state index contributed by atoms with van der Waals surface area (Å²) in [5.74, 6) is -0.107. The van der Waals surface area contributed by atoms with Gasteiger partial charge < -0.3 is 14.8 Å². The van der Waals surface area contributed by atoms with Crippen LogP contribution in [0.15, 0.2) is 65.6 Å². The Labute approximate surface area is 224 Å². The molecule has 0 aromatic heterocycles. The fourth-order valence-corrected chi connectivity index (χ4v) is 4.95. The normalized spacial score (nSPS) is 14.3. The summed E-state index contributed by atoms with van der Waals surface area (Å²) in [4.78, 5) is 27.3. The number of rotatable bonds is 8. The summed E-state index contributed by atoms with van der Waals surface area (Å²) in [6.45, 7) is 5.98. The zero-order chi connectivity index (χ0) is 26.5. The second-order valence-corrected chi connectivity index (χ2v) is 9.89. The van der Waals surface area contributed by atoms with Crippen LogP contribution >= 0.6 is 24.0 Å². The highest BCUT2D eigenvalue weighted by Gasteiger charge is 2.33. The van der Waals surface area contributed by atoms with E-state index in [2.05, 4.69) is 5.32 Å². The molecule has 37 heavy (non-hydrogen) atoms. The van der Waals surface area contributed by atoms with Gasteiger partial charge in [0.05, 0.1) is 17.2 Å². The summed E-state index contributed by atoms with van der Waals surface area (Å²) >= 11 is 6.55. The Morgan fingerprint density at radius 3 is 2.57 bits per heavy atom. The molecule has 3 aromatic carbocycles. The number of ether oxygens (including phenoxy) is 2. The molecule has 0 atom stereocenters. The Bertz CT molecular complexity index is 1390. The van der Waals surface area contributed by atoms with Crippen LogP contribution in [0.5, 0.6) is 11.5 Å². The first-order chi connectivity index (χ1) is 17.8. The lowest BCUT2D eigenvalue weighted by molar-refractivity contribution is -0.118. The summed E-state index contributed by atoms with van der Waals surface area (Å²) in [5, 5.41) is 2.87. The number of hydrogen-bond donors (Lipinski definition) is 1. The smallest absolute Gasteiger partial charge is 0.270 e. The molecule has 1 heterocycles. The molecular formula is C28H25FN2O4S2. The molecule has 9 heteroatoms. The molecular weight excluding hydrogens is 511 g/mol. The molecule has 0 saturated carbocycles. The van der Waals surface area contributed by atoms with Crippen LogP contribution in [0.3, 0.4) is 0 Å². The van der Waals surface area contributed by atoms with Gasteiger partial charge in [-0.3, -0.25) is 14.5 Å². The Kier molecular flexibility index (Phi) is 8.25. The summed E-state index contributed by atoms with van der Waals surface area (Å²) < 4.78 is 25.1. The van der Waals surface area contributed by atoms with Crippen LogP contribution in [0.25, 0.3) is 6.08 Å². The van der Waals surface area contributed by atoms with Crippen molar-refractivity contribution in [3.05, 3.63) is 88.1 Å². The second-order valence-electron chi connectivity index (χ2n) is 8.22. The first kappa shape index (κ1) is 26.4. The number of benzene rings is 3. The molecule has 0 unspecified atom stereocenters. The maximum Gasteiger partial charge on any atom is 0.270 e. The molecule has 0 spiro atoms. The number of aryl methyl sites for hydroxylation is 1. The van der Waals surface area contributed by atoms with Crippen LogP contribution in [-0.2, 0) is 9.59 Å². The zero-order valence-corrected chi connectivity index (χ0v) is 22.2. The molecule has 190 valence electrons. The molecule has 6 nitrogen and oxygen atoms in total. The van der Waals surface area contributed by atoms with Gasteiger partial charge in [0, 0.05) is 5.69 Å². The summed E-state index contributed by atoms with van der Waals surface area (Å²) in [7, 11) is 0. The van der Waals surface area contributed by atoms with E-state index in [1.54, 1.807) is 24.3 Å². The predicted molar refractivity (Wildman–Crippen MR) is 150 cm³/mol. The number of amides is 2. The molecule has 1 saturated heterocycles. The first-order valence-electron chi connectivity index (χ1n) is 11.6. The maximum atomic E-state index is 13.3. The maximum absolute atomic E-state index is 13.3. The number of carbonyl (C=O) groups is 2. The van der Waals surface area contributed by atoms with Crippen molar-refractivity contribution in [1.82, 2.24) is 0 Å². The minimum atomic E-state index is -0.391. The Morgan fingerprint density at radius 2 is 1.84 bits per heavy atom. The SMILES string of the molecule is CCOc1cc(/C=C2\SC(=S)N(c3ccc(F)cc3)C2=O)ccc1OCC(=O)Nc1cccc(C)c1C. The number of thiocarbonyl (C=S) groups is 1. The van der Waals surface area contributed by atoms with E-state index in [-0.39, 0.29) is 18.4 Å². The molecule has 2 amide bonds. The number of hydrogen-bond acceptors (Lipinski definition) is 6. The molecule has 1 aliphatic rings. The van der Waals surface area contributed by atoms with Gasteiger partial charge in [0.2, 0.25) is 0 Å². The highest BCUT2D eigenvalue weighted by atomic mass is 32.2. The molecule has 3 aromatic rings. The third-order valence-electron chi connectivity index (χ3n) is 5.68. The fourth-order valence-electron chi connectivity index (χ4n) is 3.65. The number of nitrogens with zero attached hydrogens (tertiary/aromatic N) is 1. The molecule has 0 radical (unpaired) electrons. The van der Waals surface area contributed by atoms with Gasteiger partial charge in [-0.15, -0.1) is 0 Å². The van der Waals surface area contributed by atoms with Crippen LogP contribution in [0.1, 0.15) is 23.6 Å². The van der Waals surface area contributed by atoms with Crippen molar-refractivity contribution in [3.63, 3.8) is 0 Å². The van der Waals surface area contributed by atoms with E-state index in [4.69, 9.17) is 21.7 Å². The quantitative estimate of drug-likeness (QED) is 0.271. The van der Waals surface area contributed by atoms with Gasteiger partial charge in [-0.2, -0.15) is 0 Å². The fraction of sp³-hybridized carbons (Fsp3) is 0.179. The topological polar surface area (TPSA) is 67.9 Å². The molecule has 4 rings (SSSR count). The van der Waals surface area contributed by atoms with E-state index in [1.807, 2.05) is 39.0 Å². The van der Waals surface area contributed by atoms with Crippen LogP contribution in [-0.4, -0.2) is 29.3 Å². The van der Waals surface area contributed by atoms with E-state index in [0.29, 0.717) is 38.6 Å². The summed E-state index contributed by atoms with van der Waals surface area (Å²) in [6, 6.07) is 16.5. The van der Waals surface area contributed by atoms with Crippen molar-refractivity contribution in [3.8, 4) is 11.5 Å². The predicted octanol–water partition coefficient (Wildman–Crippen LogP) is 6.26. The van der Waals surface area contributed by atoms with Crippen molar-refractivity contribution in [2.45, 2.75) is 20.8 Å². The zero-order valence-electron chi connectivity index (χ0n) is 20.5. The number of nitrogens with one attached hydrogen (secondary N) is 1. The second kappa shape index (κ2) is 11.6. The third-order valence-corrected chi connectivity index (χ3v) is 6.98. The summed E-state index contributed by atoms with van der Waals surface area (Å²) in [6.07, 6.45) is 1.71. The number of thioether (sulfide) groups is 1. The first-order valence-corrected chi connectivity index (χ1v) is 12.8.